The molecule has 6 nitrogen and oxygen atoms in total. The van der Waals surface area contributed by atoms with Crippen LogP contribution in [0.2, 0.25) is 29.5 Å². The zero-order valence-corrected chi connectivity index (χ0v) is 26.8. The maximum atomic E-state index is 6.71. The Morgan fingerprint density at radius 2 is 1.66 bits per heavy atom. The van der Waals surface area contributed by atoms with Gasteiger partial charge in [-0.05, 0) is 76.8 Å². The van der Waals surface area contributed by atoms with Crippen LogP contribution in [-0.2, 0) is 13.7 Å². The molecule has 0 aliphatic carbocycles. The smallest absolute Gasteiger partial charge is 0.458 e. The fourth-order valence-electron chi connectivity index (χ4n) is 4.13. The lowest BCUT2D eigenvalue weighted by molar-refractivity contribution is 0.00578. The molecule has 1 aliphatic rings. The van der Waals surface area contributed by atoms with Crippen molar-refractivity contribution in [1.82, 2.24) is 4.98 Å². The van der Waals surface area contributed by atoms with Crippen LogP contribution in [0.4, 0.5) is 0 Å². The van der Waals surface area contributed by atoms with Crippen LogP contribution in [0.3, 0.4) is 0 Å². The molecule has 210 valence electrons. The number of nitrogens with zero attached hydrogens (tertiary/aromatic N) is 1. The summed E-state index contributed by atoms with van der Waals surface area (Å²) < 4.78 is 30.7. The molecule has 38 heavy (non-hydrogen) atoms. The molecule has 0 radical (unpaired) electrons. The quantitative estimate of drug-likeness (QED) is 0.274. The number of benzene rings is 1. The SMILES string of the molecule is CCOc1cc(-c2cncc(C(CO[Si](C)(C)C(C)(C)C)CB3OC(C)(C)C(C)(C)O3)c2)c(Cl)cc1OC. The average Bonchev–Trinajstić information content (AvgIpc) is 3.02. The zero-order chi connectivity index (χ0) is 28.5. The second kappa shape index (κ2) is 11.5. The third-order valence-corrected chi connectivity index (χ3v) is 13.1. The summed E-state index contributed by atoms with van der Waals surface area (Å²) in [4.78, 5) is 4.61. The van der Waals surface area contributed by atoms with Crippen molar-refractivity contribution in [3.8, 4) is 22.6 Å². The maximum Gasteiger partial charge on any atom is 0.458 e. The number of pyridine rings is 1. The molecular formula is C29H45BClNO5Si. The van der Waals surface area contributed by atoms with E-state index in [9.17, 15) is 0 Å². The lowest BCUT2D eigenvalue weighted by Crippen LogP contribution is -2.42. The van der Waals surface area contributed by atoms with E-state index in [-0.39, 0.29) is 18.1 Å². The lowest BCUT2D eigenvalue weighted by Gasteiger charge is -2.37. The molecule has 9 heteroatoms. The number of hydrogen-bond acceptors (Lipinski definition) is 6. The van der Waals surface area contributed by atoms with Gasteiger partial charge in [0.25, 0.3) is 0 Å². The molecular weight excluding hydrogens is 517 g/mol. The highest BCUT2D eigenvalue weighted by atomic mass is 35.5. The van der Waals surface area contributed by atoms with Crippen LogP contribution in [-0.4, -0.2) is 51.9 Å². The van der Waals surface area contributed by atoms with Gasteiger partial charge in [0.15, 0.2) is 19.8 Å². The molecule has 1 unspecified atom stereocenters. The highest BCUT2D eigenvalue weighted by Crippen LogP contribution is 2.43. The summed E-state index contributed by atoms with van der Waals surface area (Å²) in [5, 5.41) is 0.679. The Morgan fingerprint density at radius 3 is 2.21 bits per heavy atom. The molecule has 1 aromatic heterocycles. The number of hydrogen-bond donors (Lipinski definition) is 0. The fraction of sp³-hybridized carbons (Fsp3) is 0.621. The highest BCUT2D eigenvalue weighted by Gasteiger charge is 2.51. The Labute approximate surface area is 236 Å². The van der Waals surface area contributed by atoms with Crippen LogP contribution in [0.15, 0.2) is 30.6 Å². The lowest BCUT2D eigenvalue weighted by atomic mass is 9.75. The van der Waals surface area contributed by atoms with Gasteiger partial charge in [0.2, 0.25) is 0 Å². The van der Waals surface area contributed by atoms with Crippen LogP contribution in [0, 0.1) is 0 Å². The summed E-state index contributed by atoms with van der Waals surface area (Å²) in [6.07, 6.45) is 4.40. The molecule has 2 heterocycles. The predicted octanol–water partition coefficient (Wildman–Crippen LogP) is 8.01. The number of aromatic nitrogens is 1. The van der Waals surface area contributed by atoms with E-state index in [2.05, 4.69) is 72.6 Å². The summed E-state index contributed by atoms with van der Waals surface area (Å²) in [7, 11) is -0.712. The molecule has 3 rings (SSSR count). The second-order valence-electron chi connectivity index (χ2n) is 12.6. The summed E-state index contributed by atoms with van der Waals surface area (Å²) in [5.41, 5.74) is 2.01. The Morgan fingerprint density at radius 1 is 1.03 bits per heavy atom. The molecule has 1 fully saturated rings. The summed E-state index contributed by atoms with van der Waals surface area (Å²) in [5.74, 6) is 1.27. The fourth-order valence-corrected chi connectivity index (χ4v) is 5.45. The van der Waals surface area contributed by atoms with E-state index in [4.69, 9.17) is 34.8 Å². The summed E-state index contributed by atoms with van der Waals surface area (Å²) in [6, 6.07) is 5.85. The van der Waals surface area contributed by atoms with Gasteiger partial charge in [-0.15, -0.1) is 0 Å². The molecule has 2 aromatic rings. The largest absolute Gasteiger partial charge is 0.493 e. The van der Waals surface area contributed by atoms with Crippen molar-refractivity contribution in [2.75, 3.05) is 20.3 Å². The molecule has 0 spiro atoms. The molecule has 0 amide bonds. The van der Waals surface area contributed by atoms with Gasteiger partial charge in [-0.3, -0.25) is 4.98 Å². The van der Waals surface area contributed by atoms with E-state index in [1.165, 1.54) is 0 Å². The van der Waals surface area contributed by atoms with Gasteiger partial charge in [-0.2, -0.15) is 0 Å². The minimum atomic E-state index is -1.98. The molecule has 1 saturated heterocycles. The number of halogens is 1. The highest BCUT2D eigenvalue weighted by molar-refractivity contribution is 6.74. The first-order valence-electron chi connectivity index (χ1n) is 13.5. The minimum absolute atomic E-state index is 0.0228. The third-order valence-electron chi connectivity index (χ3n) is 8.33. The van der Waals surface area contributed by atoms with Crippen molar-refractivity contribution >= 4 is 27.0 Å². The molecule has 1 aliphatic heterocycles. The number of ether oxygens (including phenoxy) is 2. The molecule has 0 saturated carbocycles. The first-order chi connectivity index (χ1) is 17.5. The molecule has 0 bridgehead atoms. The van der Waals surface area contributed by atoms with Crippen molar-refractivity contribution in [2.45, 2.75) is 97.0 Å². The Bertz CT molecular complexity index is 1100. The van der Waals surface area contributed by atoms with Crippen LogP contribution < -0.4 is 9.47 Å². The topological polar surface area (TPSA) is 59.0 Å². The van der Waals surface area contributed by atoms with Crippen molar-refractivity contribution in [3.63, 3.8) is 0 Å². The van der Waals surface area contributed by atoms with E-state index < -0.39 is 19.5 Å². The van der Waals surface area contributed by atoms with Gasteiger partial charge in [-0.25, -0.2) is 0 Å². The Kier molecular flexibility index (Phi) is 9.37. The first-order valence-corrected chi connectivity index (χ1v) is 16.7. The van der Waals surface area contributed by atoms with E-state index in [1.807, 2.05) is 25.4 Å². The first kappa shape index (κ1) is 31.0. The van der Waals surface area contributed by atoms with Crippen LogP contribution >= 0.6 is 11.6 Å². The van der Waals surface area contributed by atoms with Gasteiger partial charge in [0, 0.05) is 42.1 Å². The monoisotopic (exact) mass is 561 g/mol. The Hall–Kier alpha value is -1.58. The van der Waals surface area contributed by atoms with Crippen molar-refractivity contribution in [1.29, 1.82) is 0 Å². The predicted molar refractivity (Wildman–Crippen MR) is 159 cm³/mol. The Balaban J connectivity index is 1.98. The van der Waals surface area contributed by atoms with Gasteiger partial charge in [-0.1, -0.05) is 32.4 Å². The standard InChI is InChI=1S/C29H45BClNO5Si/c1-12-34-26-14-23(24(31)15-25(26)33-9)21-13-20(17-32-18-21)22(19-35-38(10,11)27(2,3)4)16-30-36-28(5,6)29(7,8)37-30/h13-15,17-18,22H,12,16,19H2,1-11H3. The normalized spacial score (nSPS) is 17.9. The van der Waals surface area contributed by atoms with E-state index in [0.717, 1.165) is 16.7 Å². The summed E-state index contributed by atoms with van der Waals surface area (Å²) >= 11 is 6.70. The molecule has 1 atom stereocenters. The van der Waals surface area contributed by atoms with Crippen molar-refractivity contribution in [3.05, 3.63) is 41.2 Å². The van der Waals surface area contributed by atoms with Gasteiger partial charge in [0.1, 0.15) is 0 Å². The van der Waals surface area contributed by atoms with Gasteiger partial charge in [0.05, 0.1) is 29.9 Å². The number of rotatable bonds is 10. The van der Waals surface area contributed by atoms with Crippen LogP contribution in [0.1, 0.15) is 66.9 Å². The van der Waals surface area contributed by atoms with E-state index >= 15 is 0 Å². The minimum Gasteiger partial charge on any atom is -0.493 e. The third kappa shape index (κ3) is 6.76. The average molecular weight is 562 g/mol. The van der Waals surface area contributed by atoms with E-state index in [0.29, 0.717) is 36.1 Å². The maximum absolute atomic E-state index is 6.71. The van der Waals surface area contributed by atoms with Crippen molar-refractivity contribution in [2.24, 2.45) is 0 Å². The van der Waals surface area contributed by atoms with Crippen LogP contribution in [0.5, 0.6) is 11.5 Å². The van der Waals surface area contributed by atoms with Gasteiger partial charge >= 0.3 is 7.12 Å². The molecule has 1 aromatic carbocycles. The molecule has 0 N–H and O–H groups in total. The van der Waals surface area contributed by atoms with Crippen molar-refractivity contribution < 1.29 is 23.2 Å². The summed E-state index contributed by atoms with van der Waals surface area (Å²) in [6.45, 7) is 22.7. The van der Waals surface area contributed by atoms with Crippen LogP contribution in [0.25, 0.3) is 11.1 Å². The number of methoxy groups -OCH3 is 1. The second-order valence-corrected chi connectivity index (χ2v) is 17.8. The van der Waals surface area contributed by atoms with Gasteiger partial charge < -0.3 is 23.2 Å². The zero-order valence-electron chi connectivity index (χ0n) is 25.0. The van der Waals surface area contributed by atoms with E-state index in [1.54, 1.807) is 13.2 Å².